The van der Waals surface area contributed by atoms with E-state index < -0.39 is 0 Å². The fourth-order valence-electron chi connectivity index (χ4n) is 4.07. The number of benzene rings is 3. The molecule has 1 fully saturated rings. The molecule has 1 atom stereocenters. The average Bonchev–Trinajstić information content (AvgIpc) is 3.23. The van der Waals surface area contributed by atoms with Gasteiger partial charge in [0.2, 0.25) is 0 Å². The minimum Gasteiger partial charge on any atom is -0.302 e. The number of hydrogen-bond acceptors (Lipinski definition) is 2. The van der Waals surface area contributed by atoms with Crippen LogP contribution in [0.15, 0.2) is 78.9 Å². The highest BCUT2D eigenvalue weighted by Crippen LogP contribution is 2.27. The first-order chi connectivity index (χ1) is 14.2. The molecule has 1 saturated heterocycles. The van der Waals surface area contributed by atoms with Crippen molar-refractivity contribution >= 4 is 17.4 Å². The van der Waals surface area contributed by atoms with Crippen molar-refractivity contribution in [3.63, 3.8) is 0 Å². The molecule has 29 heavy (non-hydrogen) atoms. The Bertz CT molecular complexity index is 935. The summed E-state index contributed by atoms with van der Waals surface area (Å²) in [5.74, 6) is 0.717. The van der Waals surface area contributed by atoms with Gasteiger partial charge in [-0.05, 0) is 66.3 Å². The lowest BCUT2D eigenvalue weighted by Gasteiger charge is -2.16. The van der Waals surface area contributed by atoms with Crippen LogP contribution in [0.5, 0.6) is 0 Å². The van der Waals surface area contributed by atoms with Crippen molar-refractivity contribution in [2.75, 3.05) is 19.6 Å². The summed E-state index contributed by atoms with van der Waals surface area (Å²) < 4.78 is 0. The lowest BCUT2D eigenvalue weighted by atomic mass is 9.95. The average molecular weight is 404 g/mol. The zero-order valence-corrected chi connectivity index (χ0v) is 17.3. The molecule has 3 aromatic carbocycles. The van der Waals surface area contributed by atoms with E-state index in [1.54, 1.807) is 24.3 Å². The summed E-state index contributed by atoms with van der Waals surface area (Å²) in [6.07, 6.45) is 2.74. The lowest BCUT2D eigenvalue weighted by Crippen LogP contribution is -2.23. The van der Waals surface area contributed by atoms with E-state index >= 15 is 0 Å². The SMILES string of the molecule is O=C(Cc1ccc(C2CCN(CCc3ccccc3)C2)cc1)c1ccc(Cl)cc1. The number of carbonyl (C=O) groups excluding carboxylic acids is 1. The molecule has 148 valence electrons. The van der Waals surface area contributed by atoms with Crippen LogP contribution in [0.1, 0.15) is 39.4 Å². The third kappa shape index (κ3) is 5.35. The molecule has 1 heterocycles. The Morgan fingerprint density at radius 3 is 2.34 bits per heavy atom. The largest absolute Gasteiger partial charge is 0.302 e. The summed E-state index contributed by atoms with van der Waals surface area (Å²) in [5.41, 5.74) is 4.57. The maximum Gasteiger partial charge on any atom is 0.167 e. The Hall–Kier alpha value is -2.42. The Kier molecular flexibility index (Phi) is 6.43. The monoisotopic (exact) mass is 403 g/mol. The Morgan fingerprint density at radius 1 is 0.897 bits per heavy atom. The van der Waals surface area contributed by atoms with Crippen molar-refractivity contribution in [2.45, 2.75) is 25.2 Å². The number of rotatable bonds is 7. The van der Waals surface area contributed by atoms with E-state index in [0.717, 1.165) is 31.6 Å². The van der Waals surface area contributed by atoms with Gasteiger partial charge >= 0.3 is 0 Å². The maximum absolute atomic E-state index is 12.4. The zero-order valence-electron chi connectivity index (χ0n) is 16.6. The van der Waals surface area contributed by atoms with Crippen LogP contribution in [0.4, 0.5) is 0 Å². The third-order valence-electron chi connectivity index (χ3n) is 5.81. The first-order valence-corrected chi connectivity index (χ1v) is 10.7. The first kappa shape index (κ1) is 19.9. The van der Waals surface area contributed by atoms with Gasteiger partial charge in [0.1, 0.15) is 0 Å². The molecule has 0 aliphatic carbocycles. The van der Waals surface area contributed by atoms with Crippen LogP contribution in [0.25, 0.3) is 0 Å². The predicted octanol–water partition coefficient (Wildman–Crippen LogP) is 5.80. The number of likely N-dealkylation sites (tertiary alicyclic amines) is 1. The minimum atomic E-state index is 0.127. The van der Waals surface area contributed by atoms with E-state index in [2.05, 4.69) is 59.5 Å². The van der Waals surface area contributed by atoms with E-state index in [0.29, 0.717) is 22.9 Å². The van der Waals surface area contributed by atoms with E-state index in [1.807, 2.05) is 0 Å². The van der Waals surface area contributed by atoms with Gasteiger partial charge in [0.05, 0.1) is 0 Å². The highest BCUT2D eigenvalue weighted by Gasteiger charge is 2.23. The second kappa shape index (κ2) is 9.39. The summed E-state index contributed by atoms with van der Waals surface area (Å²) in [5, 5.41) is 0.653. The molecule has 3 heteroatoms. The summed E-state index contributed by atoms with van der Waals surface area (Å²) in [4.78, 5) is 15.0. The molecule has 3 aromatic rings. The molecule has 0 spiro atoms. The number of Topliss-reactive ketones (excluding diaryl/α,β-unsaturated/α-hetero) is 1. The highest BCUT2D eigenvalue weighted by molar-refractivity contribution is 6.30. The molecule has 1 aliphatic rings. The van der Waals surface area contributed by atoms with Gasteiger partial charge in [-0.25, -0.2) is 0 Å². The molecule has 1 unspecified atom stereocenters. The fraction of sp³-hybridized carbons (Fsp3) is 0.269. The summed E-state index contributed by atoms with van der Waals surface area (Å²) in [6.45, 7) is 3.40. The van der Waals surface area contributed by atoms with E-state index in [-0.39, 0.29) is 5.78 Å². The van der Waals surface area contributed by atoms with Crippen molar-refractivity contribution in [1.29, 1.82) is 0 Å². The normalized spacial score (nSPS) is 16.8. The maximum atomic E-state index is 12.4. The van der Waals surface area contributed by atoms with Crippen LogP contribution in [0.3, 0.4) is 0 Å². The molecule has 0 amide bonds. The summed E-state index contributed by atoms with van der Waals surface area (Å²) >= 11 is 5.90. The van der Waals surface area contributed by atoms with Crippen molar-refractivity contribution < 1.29 is 4.79 Å². The fourth-order valence-corrected chi connectivity index (χ4v) is 4.20. The molecule has 1 aliphatic heterocycles. The Balaban J connectivity index is 1.30. The van der Waals surface area contributed by atoms with Crippen LogP contribution in [-0.2, 0) is 12.8 Å². The molecule has 0 bridgehead atoms. The van der Waals surface area contributed by atoms with Crippen molar-refractivity contribution in [3.8, 4) is 0 Å². The predicted molar refractivity (Wildman–Crippen MR) is 120 cm³/mol. The van der Waals surface area contributed by atoms with Crippen LogP contribution in [0.2, 0.25) is 5.02 Å². The third-order valence-corrected chi connectivity index (χ3v) is 6.07. The topological polar surface area (TPSA) is 20.3 Å². The minimum absolute atomic E-state index is 0.127. The van der Waals surface area contributed by atoms with E-state index in [4.69, 9.17) is 11.6 Å². The van der Waals surface area contributed by atoms with Crippen molar-refractivity contribution in [2.24, 2.45) is 0 Å². The lowest BCUT2D eigenvalue weighted by molar-refractivity contribution is 0.0993. The molecule has 2 nitrogen and oxygen atoms in total. The van der Waals surface area contributed by atoms with Gasteiger partial charge in [-0.3, -0.25) is 4.79 Å². The van der Waals surface area contributed by atoms with Crippen LogP contribution < -0.4 is 0 Å². The van der Waals surface area contributed by atoms with Crippen molar-refractivity contribution in [3.05, 3.63) is 106 Å². The van der Waals surface area contributed by atoms with Gasteiger partial charge in [-0.2, -0.15) is 0 Å². The molecular formula is C26H26ClNO. The van der Waals surface area contributed by atoms with Gasteiger partial charge < -0.3 is 4.90 Å². The number of halogens is 1. The zero-order chi connectivity index (χ0) is 20.1. The number of nitrogens with zero attached hydrogens (tertiary/aromatic N) is 1. The van der Waals surface area contributed by atoms with Crippen LogP contribution >= 0.6 is 11.6 Å². The smallest absolute Gasteiger partial charge is 0.167 e. The van der Waals surface area contributed by atoms with Gasteiger partial charge in [0, 0.05) is 30.1 Å². The molecular weight excluding hydrogens is 378 g/mol. The summed E-state index contributed by atoms with van der Waals surface area (Å²) in [6, 6.07) is 26.4. The molecule has 0 N–H and O–H groups in total. The van der Waals surface area contributed by atoms with Gasteiger partial charge in [0.25, 0.3) is 0 Å². The summed E-state index contributed by atoms with van der Waals surface area (Å²) in [7, 11) is 0. The Morgan fingerprint density at radius 2 is 1.62 bits per heavy atom. The first-order valence-electron chi connectivity index (χ1n) is 10.3. The van der Waals surface area contributed by atoms with Gasteiger partial charge in [-0.15, -0.1) is 0 Å². The number of carbonyl (C=O) groups is 1. The second-order valence-electron chi connectivity index (χ2n) is 7.87. The highest BCUT2D eigenvalue weighted by atomic mass is 35.5. The molecule has 4 rings (SSSR count). The molecule has 0 radical (unpaired) electrons. The molecule has 0 aromatic heterocycles. The van der Waals surface area contributed by atoms with E-state index in [9.17, 15) is 4.79 Å². The Labute approximate surface area is 178 Å². The number of ketones is 1. The van der Waals surface area contributed by atoms with Gasteiger partial charge in [0.15, 0.2) is 5.78 Å². The van der Waals surface area contributed by atoms with Gasteiger partial charge in [-0.1, -0.05) is 66.2 Å². The van der Waals surface area contributed by atoms with Crippen LogP contribution in [0, 0.1) is 0 Å². The second-order valence-corrected chi connectivity index (χ2v) is 8.31. The van der Waals surface area contributed by atoms with Crippen LogP contribution in [-0.4, -0.2) is 30.3 Å². The number of hydrogen-bond donors (Lipinski definition) is 0. The van der Waals surface area contributed by atoms with E-state index in [1.165, 1.54) is 17.5 Å². The molecule has 0 saturated carbocycles. The van der Waals surface area contributed by atoms with Crippen molar-refractivity contribution in [1.82, 2.24) is 4.90 Å². The standard InChI is InChI=1S/C26H26ClNO/c27-25-12-10-23(11-13-25)26(29)18-21-6-8-22(9-7-21)24-15-17-28(19-24)16-14-20-4-2-1-3-5-20/h1-13,24H,14-19H2. The quantitative estimate of drug-likeness (QED) is 0.465.